The highest BCUT2D eigenvalue weighted by atomic mass is 35.5. The molecule has 0 radical (unpaired) electrons. The Labute approximate surface area is 228 Å². The second-order valence-corrected chi connectivity index (χ2v) is 10.2. The number of nitrogens with one attached hydrogen (secondary N) is 1. The number of rotatable bonds is 8. The number of pyridine rings is 2. The minimum absolute atomic E-state index is 0.0436. The third kappa shape index (κ3) is 5.95. The third-order valence-corrected chi connectivity index (χ3v) is 7.30. The first-order valence-corrected chi connectivity index (χ1v) is 13.2. The number of para-hydroxylation sites is 2. The molecule has 0 saturated heterocycles. The Kier molecular flexibility index (Phi) is 7.92. The summed E-state index contributed by atoms with van der Waals surface area (Å²) in [5.41, 5.74) is 2.98. The van der Waals surface area contributed by atoms with Crippen LogP contribution in [0.1, 0.15) is 41.7 Å². The maximum absolute atomic E-state index is 13.6. The molecule has 39 heavy (non-hydrogen) atoms. The largest absolute Gasteiger partial charge is 0.472 e. The van der Waals surface area contributed by atoms with Gasteiger partial charge in [0.15, 0.2) is 6.61 Å². The molecule has 0 bridgehead atoms. The zero-order valence-electron chi connectivity index (χ0n) is 21.3. The summed E-state index contributed by atoms with van der Waals surface area (Å²) in [6.45, 7) is 1.59. The first kappa shape index (κ1) is 26.8. The Morgan fingerprint density at radius 3 is 2.54 bits per heavy atom. The van der Waals surface area contributed by atoms with Gasteiger partial charge in [-0.3, -0.25) is 18.9 Å². The molecule has 4 aromatic rings. The zero-order valence-corrected chi connectivity index (χ0v) is 22.1. The maximum atomic E-state index is 13.6. The van der Waals surface area contributed by atoms with E-state index in [2.05, 4.69) is 15.3 Å². The number of fused-ring (bicyclic) bond motifs is 1. The van der Waals surface area contributed by atoms with Gasteiger partial charge in [-0.15, -0.1) is 0 Å². The highest BCUT2D eigenvalue weighted by Gasteiger charge is 2.26. The summed E-state index contributed by atoms with van der Waals surface area (Å²) in [5, 5.41) is 3.53. The molecule has 3 heterocycles. The van der Waals surface area contributed by atoms with Gasteiger partial charge in [0.05, 0.1) is 39.2 Å². The quantitative estimate of drug-likeness (QED) is 0.324. The molecule has 11 heteroatoms. The van der Waals surface area contributed by atoms with Crippen LogP contribution in [0.15, 0.2) is 59.7 Å². The predicted molar refractivity (Wildman–Crippen MR) is 144 cm³/mol. The van der Waals surface area contributed by atoms with Gasteiger partial charge in [0.2, 0.25) is 5.88 Å². The van der Waals surface area contributed by atoms with E-state index in [4.69, 9.17) is 16.3 Å². The van der Waals surface area contributed by atoms with E-state index in [1.165, 1.54) is 18.5 Å². The lowest BCUT2D eigenvalue weighted by Crippen LogP contribution is -2.39. The first-order valence-electron chi connectivity index (χ1n) is 12.8. The van der Waals surface area contributed by atoms with E-state index in [0.717, 1.165) is 36.7 Å². The smallest absolute Gasteiger partial charge is 0.333 e. The zero-order chi connectivity index (χ0) is 27.5. The molecule has 8 nitrogen and oxygen atoms in total. The highest BCUT2D eigenvalue weighted by Crippen LogP contribution is 2.28. The molecule has 204 valence electrons. The normalized spacial score (nSPS) is 17.5. The van der Waals surface area contributed by atoms with Crippen LogP contribution in [-0.4, -0.2) is 44.1 Å². The van der Waals surface area contributed by atoms with Crippen molar-refractivity contribution in [3.8, 4) is 11.6 Å². The molecule has 1 N–H and O–H groups in total. The molecule has 1 saturated carbocycles. The first-order chi connectivity index (χ1) is 18.8. The van der Waals surface area contributed by atoms with Gasteiger partial charge in [0.1, 0.15) is 0 Å². The van der Waals surface area contributed by atoms with Crippen LogP contribution in [0.25, 0.3) is 16.7 Å². The van der Waals surface area contributed by atoms with Gasteiger partial charge < -0.3 is 10.1 Å². The Bertz CT molecular complexity index is 1530. The van der Waals surface area contributed by atoms with Crippen LogP contribution in [-0.2, 0) is 6.54 Å². The third-order valence-electron chi connectivity index (χ3n) is 7.09. The molecule has 1 aliphatic carbocycles. The standard InChI is InChI=1S/C28H28ClF2N5O3/c1-17-22(12-19(29)13-32-17)27(37)34-20-8-6-18(7-9-20)15-35-23-4-2-3-5-24(23)36(28(35)38)21-10-11-26(33-14-21)39-16-25(30)31/h2-5,10-14,18,20,25H,6-9,15-16H2,1H3,(H,34,37)/t18-,20-. The second kappa shape index (κ2) is 11.5. The summed E-state index contributed by atoms with van der Waals surface area (Å²) in [6, 6.07) is 12.3. The summed E-state index contributed by atoms with van der Waals surface area (Å²) in [6.07, 6.45) is 3.71. The van der Waals surface area contributed by atoms with E-state index in [9.17, 15) is 18.4 Å². The van der Waals surface area contributed by atoms with Crippen LogP contribution in [0.2, 0.25) is 5.02 Å². The van der Waals surface area contributed by atoms with E-state index >= 15 is 0 Å². The molecular weight excluding hydrogens is 528 g/mol. The van der Waals surface area contributed by atoms with Gasteiger partial charge in [-0.1, -0.05) is 23.7 Å². The number of carbonyl (C=O) groups is 1. The maximum Gasteiger partial charge on any atom is 0.333 e. The predicted octanol–water partition coefficient (Wildman–Crippen LogP) is 5.18. The van der Waals surface area contributed by atoms with Crippen molar-refractivity contribution in [2.24, 2.45) is 5.92 Å². The van der Waals surface area contributed by atoms with E-state index in [-0.39, 0.29) is 29.4 Å². The number of amides is 1. The van der Waals surface area contributed by atoms with Crippen LogP contribution in [0.5, 0.6) is 5.88 Å². The molecule has 0 atom stereocenters. The molecule has 3 aromatic heterocycles. The number of nitrogens with zero attached hydrogens (tertiary/aromatic N) is 4. The Morgan fingerprint density at radius 2 is 1.85 bits per heavy atom. The SMILES string of the molecule is Cc1ncc(Cl)cc1C(=O)N[C@H]1CC[C@H](Cn2c(=O)n(-c3ccc(OCC(F)F)nc3)c3ccccc32)CC1. The number of carbonyl (C=O) groups excluding carboxylic acids is 1. The van der Waals surface area contributed by atoms with Crippen molar-refractivity contribution in [3.05, 3.63) is 81.6 Å². The summed E-state index contributed by atoms with van der Waals surface area (Å²) in [7, 11) is 0. The van der Waals surface area contributed by atoms with Crippen molar-refractivity contribution in [2.45, 2.75) is 51.6 Å². The van der Waals surface area contributed by atoms with Gasteiger partial charge >= 0.3 is 5.69 Å². The highest BCUT2D eigenvalue weighted by molar-refractivity contribution is 6.30. The average molecular weight is 556 g/mol. The lowest BCUT2D eigenvalue weighted by atomic mass is 9.85. The van der Waals surface area contributed by atoms with Crippen molar-refractivity contribution in [1.29, 1.82) is 0 Å². The van der Waals surface area contributed by atoms with E-state index in [0.29, 0.717) is 28.5 Å². The molecule has 5 rings (SSSR count). The number of imidazole rings is 1. The lowest BCUT2D eigenvalue weighted by molar-refractivity contribution is 0.0796. The summed E-state index contributed by atoms with van der Waals surface area (Å²) in [4.78, 5) is 34.6. The Morgan fingerprint density at radius 1 is 1.10 bits per heavy atom. The van der Waals surface area contributed by atoms with Crippen LogP contribution in [0.4, 0.5) is 8.78 Å². The Balaban J connectivity index is 1.28. The number of aromatic nitrogens is 4. The minimum atomic E-state index is -2.59. The number of hydrogen-bond acceptors (Lipinski definition) is 5. The van der Waals surface area contributed by atoms with Crippen LogP contribution < -0.4 is 15.7 Å². The lowest BCUT2D eigenvalue weighted by Gasteiger charge is -2.29. The molecule has 1 aliphatic rings. The number of hydrogen-bond donors (Lipinski definition) is 1. The summed E-state index contributed by atoms with van der Waals surface area (Å²) < 4.78 is 33.2. The average Bonchev–Trinajstić information content (AvgIpc) is 3.21. The number of aryl methyl sites for hydroxylation is 1. The molecule has 0 spiro atoms. The van der Waals surface area contributed by atoms with Crippen molar-refractivity contribution in [2.75, 3.05) is 6.61 Å². The van der Waals surface area contributed by atoms with Crippen LogP contribution in [0, 0.1) is 12.8 Å². The van der Waals surface area contributed by atoms with E-state index < -0.39 is 13.0 Å². The second-order valence-electron chi connectivity index (χ2n) is 9.75. The molecule has 0 unspecified atom stereocenters. The van der Waals surface area contributed by atoms with Crippen molar-refractivity contribution in [3.63, 3.8) is 0 Å². The molecule has 0 aliphatic heterocycles. The number of alkyl halides is 2. The van der Waals surface area contributed by atoms with Crippen molar-refractivity contribution < 1.29 is 18.3 Å². The van der Waals surface area contributed by atoms with Crippen molar-refractivity contribution >= 4 is 28.5 Å². The fourth-order valence-corrected chi connectivity index (χ4v) is 5.28. The number of benzene rings is 1. The van der Waals surface area contributed by atoms with Crippen LogP contribution in [0.3, 0.4) is 0 Å². The van der Waals surface area contributed by atoms with Gasteiger partial charge in [0.25, 0.3) is 12.3 Å². The molecule has 1 amide bonds. The fourth-order valence-electron chi connectivity index (χ4n) is 5.12. The Hall–Kier alpha value is -3.79. The topological polar surface area (TPSA) is 91.0 Å². The summed E-state index contributed by atoms with van der Waals surface area (Å²) >= 11 is 6.02. The van der Waals surface area contributed by atoms with E-state index in [1.54, 1.807) is 28.2 Å². The van der Waals surface area contributed by atoms with Gasteiger partial charge in [-0.05, 0) is 62.8 Å². The van der Waals surface area contributed by atoms with Crippen LogP contribution >= 0.6 is 11.6 Å². The minimum Gasteiger partial charge on any atom is -0.472 e. The fraction of sp³-hybridized carbons (Fsp3) is 0.357. The summed E-state index contributed by atoms with van der Waals surface area (Å²) in [5.74, 6) is 0.166. The van der Waals surface area contributed by atoms with Gasteiger partial charge in [-0.2, -0.15) is 0 Å². The molecule has 1 aromatic carbocycles. The number of halogens is 3. The van der Waals surface area contributed by atoms with Gasteiger partial charge in [0, 0.05) is 24.8 Å². The monoisotopic (exact) mass is 555 g/mol. The molecular formula is C28H28ClF2N5O3. The van der Waals surface area contributed by atoms with E-state index in [1.807, 2.05) is 24.3 Å². The van der Waals surface area contributed by atoms with Gasteiger partial charge in [-0.25, -0.2) is 18.6 Å². The molecule has 1 fully saturated rings. The number of ether oxygens (including phenoxy) is 1. The van der Waals surface area contributed by atoms with Crippen molar-refractivity contribution in [1.82, 2.24) is 24.4 Å².